The molecule has 21 nitrogen and oxygen atoms in total. The molecule has 0 atom stereocenters. The van der Waals surface area contributed by atoms with Crippen LogP contribution in [0.3, 0.4) is 0 Å². The second kappa shape index (κ2) is 27.4. The van der Waals surface area contributed by atoms with E-state index in [0.29, 0.717) is 11.5 Å². The Labute approximate surface area is 444 Å². The number of carbonyl (C=O) groups excluding carboxylic acids is 1. The van der Waals surface area contributed by atoms with Gasteiger partial charge in [-0.1, -0.05) is 45.0 Å². The number of aromatic hydroxyl groups is 1. The molecule has 80 heavy (non-hydrogen) atoms. The summed E-state index contributed by atoms with van der Waals surface area (Å²) < 4.78 is 136. The van der Waals surface area contributed by atoms with Crippen LogP contribution in [0, 0.1) is 46.5 Å². The molecule has 3 heterocycles. The largest absolute Gasteiger partial charge is 0.508 e. The molecule has 0 saturated heterocycles. The van der Waals surface area contributed by atoms with Gasteiger partial charge < -0.3 is 43.7 Å². The Kier molecular flexibility index (Phi) is 20.1. The minimum atomic E-state index is -1.36. The summed E-state index contributed by atoms with van der Waals surface area (Å²) in [6.45, 7) is 2.16. The van der Waals surface area contributed by atoms with Gasteiger partial charge in [0, 0.05) is 24.3 Å². The van der Waals surface area contributed by atoms with Gasteiger partial charge >= 0.3 is 17.9 Å². The van der Waals surface area contributed by atoms with Crippen molar-refractivity contribution in [1.29, 1.82) is 0 Å². The fourth-order valence-electron chi connectivity index (χ4n) is 6.16. The van der Waals surface area contributed by atoms with E-state index in [9.17, 15) is 54.6 Å². The van der Waals surface area contributed by atoms with Gasteiger partial charge in [0.05, 0.1) is 33.9 Å². The highest BCUT2D eigenvalue weighted by molar-refractivity contribution is 5.90. The highest BCUT2D eigenvalue weighted by Gasteiger charge is 2.25. The Morgan fingerprint density at radius 1 is 0.500 bits per heavy atom. The molecule has 3 aromatic heterocycles. The molecular formula is C51H39F8N9O12. The fourth-order valence-corrected chi connectivity index (χ4v) is 6.16. The summed E-state index contributed by atoms with van der Waals surface area (Å²) in [5, 5.41) is 50.3. The predicted octanol–water partition coefficient (Wildman–Crippen LogP) is 9.93. The van der Waals surface area contributed by atoms with Gasteiger partial charge in [0.15, 0.2) is 46.5 Å². The molecule has 0 aliphatic heterocycles. The molecule has 4 N–H and O–H groups in total. The third-order valence-electron chi connectivity index (χ3n) is 9.98. The highest BCUT2D eigenvalue weighted by atomic mass is 19.2. The number of aromatic nitrogens is 9. The summed E-state index contributed by atoms with van der Waals surface area (Å²) in [5.41, 5.74) is 0.622. The lowest BCUT2D eigenvalue weighted by atomic mass is 10.2. The molecule has 0 radical (unpaired) electrons. The van der Waals surface area contributed by atoms with E-state index in [4.69, 9.17) is 38.6 Å². The Balaban J connectivity index is 0.000000183. The number of phenolic OH excluding ortho intramolecular Hbond substituents is 1. The van der Waals surface area contributed by atoms with Crippen molar-refractivity contribution in [2.75, 3.05) is 20.8 Å². The molecule has 0 fully saturated rings. The van der Waals surface area contributed by atoms with Crippen molar-refractivity contribution >= 4 is 17.9 Å². The van der Waals surface area contributed by atoms with Crippen molar-refractivity contribution in [2.24, 2.45) is 0 Å². The van der Waals surface area contributed by atoms with Gasteiger partial charge in [-0.05, 0) is 90.8 Å². The quantitative estimate of drug-likeness (QED) is 0.0517. The molecule has 6 aromatic carbocycles. The van der Waals surface area contributed by atoms with Crippen LogP contribution in [0.15, 0.2) is 121 Å². The van der Waals surface area contributed by atoms with Crippen LogP contribution in [0.5, 0.6) is 52.1 Å². The predicted molar refractivity (Wildman–Crippen MR) is 258 cm³/mol. The van der Waals surface area contributed by atoms with Crippen molar-refractivity contribution in [3.8, 4) is 52.1 Å². The number of nitrogens with one attached hydrogen (secondary N) is 1. The third-order valence-corrected chi connectivity index (χ3v) is 9.98. The third kappa shape index (κ3) is 16.0. The number of aromatic carboxylic acids is 2. The Hall–Kier alpha value is -10.6. The van der Waals surface area contributed by atoms with E-state index >= 15 is 0 Å². The second-order valence-corrected chi connectivity index (χ2v) is 15.5. The standard InChI is InChI=1S/C19H17F2N3O4.C17H13F2N3O4.C9H5F2N3O3.C6H4F2O/c1-3-27-19(25)17-18(28-14-8-9-15(20)16(21)10-14)24(23-22-17)11-12-4-6-13(26-2)7-5-12;1-25-11-4-2-10(3-5-11)9-22-16(15(17(23)24)20-21-22)26-12-6-7-13(18)14(19)8-12;10-5-2-1-4(3-6(5)11)17-8-7(9(15)16)12-14-13-8;7-5-2-1-4(9)3-6(5)8/h4-10H,3,11H2,1-2H3;2-8H,9H2,1H3,(H,23,24);1-3H,(H,15,16)(H,12,13,14);1-3,9H. The van der Waals surface area contributed by atoms with Gasteiger partial charge in [-0.3, -0.25) is 0 Å². The zero-order valence-corrected chi connectivity index (χ0v) is 41.3. The number of rotatable bonds is 16. The van der Waals surface area contributed by atoms with Crippen LogP contribution in [-0.2, 0) is 17.8 Å². The van der Waals surface area contributed by atoms with Crippen LogP contribution in [-0.4, -0.2) is 99.5 Å². The Morgan fingerprint density at radius 2 is 0.900 bits per heavy atom. The molecule has 9 aromatic rings. The molecule has 416 valence electrons. The van der Waals surface area contributed by atoms with Gasteiger partial charge in [0.1, 0.15) is 34.5 Å². The number of hydrogen-bond acceptors (Lipinski definition) is 16. The zero-order chi connectivity index (χ0) is 58.0. The first-order valence-corrected chi connectivity index (χ1v) is 22.5. The Morgan fingerprint density at radius 3 is 1.29 bits per heavy atom. The number of methoxy groups -OCH3 is 2. The molecule has 0 aliphatic rings. The number of benzene rings is 6. The van der Waals surface area contributed by atoms with E-state index in [2.05, 4.69) is 36.0 Å². The lowest BCUT2D eigenvalue weighted by molar-refractivity contribution is 0.0515. The van der Waals surface area contributed by atoms with Crippen molar-refractivity contribution < 1.29 is 93.2 Å². The minimum absolute atomic E-state index is 0.0114. The van der Waals surface area contributed by atoms with E-state index in [0.717, 1.165) is 71.8 Å². The summed E-state index contributed by atoms with van der Waals surface area (Å²) >= 11 is 0. The maximum absolute atomic E-state index is 13.5. The average molecular weight is 1120 g/mol. The van der Waals surface area contributed by atoms with E-state index in [1.807, 2.05) is 12.1 Å². The number of halogens is 8. The van der Waals surface area contributed by atoms with E-state index < -0.39 is 70.1 Å². The van der Waals surface area contributed by atoms with Crippen molar-refractivity contribution in [1.82, 2.24) is 45.4 Å². The number of esters is 1. The number of hydrogen-bond donors (Lipinski definition) is 4. The lowest BCUT2D eigenvalue weighted by Gasteiger charge is -2.10. The van der Waals surface area contributed by atoms with Crippen LogP contribution >= 0.6 is 0 Å². The van der Waals surface area contributed by atoms with Crippen molar-refractivity contribution in [3.63, 3.8) is 0 Å². The SMILES string of the molecule is CCOC(=O)c1nnn(Cc2ccc(OC)cc2)c1Oc1ccc(F)c(F)c1.COc1ccc(Cn2nnc(C(=O)O)c2Oc2ccc(F)c(F)c2)cc1.O=C(O)c1[nH]nnc1Oc1ccc(F)c(F)c1.Oc1ccc(F)c(F)c1. The van der Waals surface area contributed by atoms with Gasteiger partial charge in [0.2, 0.25) is 17.1 Å². The van der Waals surface area contributed by atoms with E-state index in [1.165, 1.54) is 21.5 Å². The average Bonchev–Trinajstić information content (AvgIpc) is 4.18. The normalized spacial score (nSPS) is 10.4. The number of carboxylic acids is 2. The summed E-state index contributed by atoms with van der Waals surface area (Å²) in [4.78, 5) is 34.2. The number of phenols is 1. The molecule has 9 rings (SSSR count). The molecule has 0 spiro atoms. The molecule has 0 aliphatic carbocycles. The zero-order valence-electron chi connectivity index (χ0n) is 41.3. The summed E-state index contributed by atoms with van der Waals surface area (Å²) in [5.74, 6) is -11.4. The molecule has 0 amide bonds. The van der Waals surface area contributed by atoms with Crippen LogP contribution in [0.1, 0.15) is 49.5 Å². The maximum Gasteiger partial charge on any atom is 0.364 e. The highest BCUT2D eigenvalue weighted by Crippen LogP contribution is 2.29. The van der Waals surface area contributed by atoms with Gasteiger partial charge in [0.25, 0.3) is 17.6 Å². The van der Waals surface area contributed by atoms with Gasteiger partial charge in [-0.25, -0.2) is 64.0 Å². The first kappa shape index (κ1) is 58.6. The first-order valence-electron chi connectivity index (χ1n) is 22.5. The number of H-pyrrole nitrogens is 1. The van der Waals surface area contributed by atoms with Crippen LogP contribution in [0.25, 0.3) is 0 Å². The molecule has 0 unspecified atom stereocenters. The first-order chi connectivity index (χ1) is 38.3. The topological polar surface area (TPSA) is 270 Å². The van der Waals surface area contributed by atoms with Crippen LogP contribution < -0.4 is 23.7 Å². The van der Waals surface area contributed by atoms with Crippen molar-refractivity contribution in [2.45, 2.75) is 20.0 Å². The number of nitrogens with zero attached hydrogens (tertiary/aromatic N) is 8. The Bertz CT molecular complexity index is 3590. The van der Waals surface area contributed by atoms with Gasteiger partial charge in [-0.15, -0.1) is 10.2 Å². The minimum Gasteiger partial charge on any atom is -0.508 e. The maximum atomic E-state index is 13.5. The lowest BCUT2D eigenvalue weighted by Crippen LogP contribution is -2.09. The summed E-state index contributed by atoms with van der Waals surface area (Å²) in [6, 6.07) is 25.5. The van der Waals surface area contributed by atoms with Crippen molar-refractivity contribution in [3.05, 3.63) is 196 Å². The molecule has 0 bridgehead atoms. The van der Waals surface area contributed by atoms with E-state index in [-0.39, 0.29) is 71.7 Å². The molecular weight excluding hydrogens is 1080 g/mol. The van der Waals surface area contributed by atoms with Crippen LogP contribution in [0.4, 0.5) is 35.1 Å². The summed E-state index contributed by atoms with van der Waals surface area (Å²) in [7, 11) is 3.10. The summed E-state index contributed by atoms with van der Waals surface area (Å²) in [6.07, 6.45) is 0. The number of aromatic amines is 1. The number of carbonyl (C=O) groups is 3. The fraction of sp³-hybridized carbons (Fsp3) is 0.118. The van der Waals surface area contributed by atoms with Crippen LogP contribution in [0.2, 0.25) is 0 Å². The second-order valence-electron chi connectivity index (χ2n) is 15.5. The number of ether oxygens (including phenoxy) is 6. The molecule has 29 heteroatoms. The van der Waals surface area contributed by atoms with E-state index in [1.54, 1.807) is 57.5 Å². The molecule has 0 saturated carbocycles. The van der Waals surface area contributed by atoms with Gasteiger partial charge in [-0.2, -0.15) is 0 Å². The monoisotopic (exact) mass is 1120 g/mol. The smallest absolute Gasteiger partial charge is 0.364 e. The number of carboxylic acid groups (broad SMARTS) is 2.